The lowest BCUT2D eigenvalue weighted by Crippen LogP contribution is -2.06. The Kier molecular flexibility index (Phi) is 4.37. The summed E-state index contributed by atoms with van der Waals surface area (Å²) in [4.78, 5) is 23.6. The predicted molar refractivity (Wildman–Crippen MR) is 78.0 cm³/mol. The molecule has 0 fully saturated rings. The number of hydrogen-bond acceptors (Lipinski definition) is 8. The Morgan fingerprint density at radius 2 is 2.00 bits per heavy atom. The standard InChI is InChI=1S/C13H15N3O4S/c1-4-19-13(18)11-10(14)9-6(2)8(5-20-7(3)17)15-16-12(9)21-11/h4-5,14H2,1-3H3. The van der Waals surface area contributed by atoms with Crippen LogP contribution in [-0.2, 0) is 20.9 Å². The van der Waals surface area contributed by atoms with Crippen molar-refractivity contribution in [2.75, 3.05) is 12.3 Å². The second-order valence-corrected chi connectivity index (χ2v) is 5.30. The van der Waals surface area contributed by atoms with Crippen molar-refractivity contribution >= 4 is 39.2 Å². The molecule has 7 nitrogen and oxygen atoms in total. The number of nitrogen functional groups attached to an aromatic ring is 1. The molecule has 2 rings (SSSR count). The molecule has 0 atom stereocenters. The van der Waals surface area contributed by atoms with Crippen LogP contribution in [0.5, 0.6) is 0 Å². The van der Waals surface area contributed by atoms with E-state index in [-0.39, 0.29) is 13.2 Å². The average molecular weight is 309 g/mol. The van der Waals surface area contributed by atoms with E-state index in [1.165, 1.54) is 6.92 Å². The van der Waals surface area contributed by atoms with E-state index in [0.717, 1.165) is 16.9 Å². The van der Waals surface area contributed by atoms with Crippen molar-refractivity contribution in [3.05, 3.63) is 16.1 Å². The molecular formula is C13H15N3O4S. The fourth-order valence-electron chi connectivity index (χ4n) is 1.84. The van der Waals surface area contributed by atoms with Crippen LogP contribution in [0, 0.1) is 6.92 Å². The molecule has 0 saturated heterocycles. The second kappa shape index (κ2) is 6.04. The maximum absolute atomic E-state index is 11.8. The van der Waals surface area contributed by atoms with E-state index < -0.39 is 11.9 Å². The molecule has 0 aliphatic heterocycles. The number of rotatable bonds is 4. The zero-order valence-corrected chi connectivity index (χ0v) is 12.7. The Balaban J connectivity index is 2.47. The Morgan fingerprint density at radius 3 is 2.62 bits per heavy atom. The minimum atomic E-state index is -0.473. The van der Waals surface area contributed by atoms with Gasteiger partial charge in [-0.2, -0.15) is 5.10 Å². The van der Waals surface area contributed by atoms with Gasteiger partial charge in [-0.25, -0.2) is 4.79 Å². The van der Waals surface area contributed by atoms with Crippen molar-refractivity contribution in [2.24, 2.45) is 0 Å². The largest absolute Gasteiger partial charge is 0.462 e. The van der Waals surface area contributed by atoms with Crippen LogP contribution in [0.15, 0.2) is 0 Å². The minimum absolute atomic E-state index is 0.0220. The molecule has 2 aromatic rings. The van der Waals surface area contributed by atoms with Crippen LogP contribution in [0.3, 0.4) is 0 Å². The summed E-state index contributed by atoms with van der Waals surface area (Å²) in [6.07, 6.45) is 0. The normalized spacial score (nSPS) is 10.6. The summed E-state index contributed by atoms with van der Waals surface area (Å²) in [6.45, 7) is 5.14. The van der Waals surface area contributed by atoms with E-state index in [2.05, 4.69) is 10.2 Å². The molecule has 2 N–H and O–H groups in total. The van der Waals surface area contributed by atoms with Crippen molar-refractivity contribution in [1.29, 1.82) is 0 Å². The third-order valence-corrected chi connectivity index (χ3v) is 3.94. The van der Waals surface area contributed by atoms with Crippen LogP contribution in [-0.4, -0.2) is 28.7 Å². The third-order valence-electron chi connectivity index (χ3n) is 2.87. The summed E-state index contributed by atoms with van der Waals surface area (Å²) in [5.41, 5.74) is 7.61. The van der Waals surface area contributed by atoms with E-state index in [1.54, 1.807) is 13.8 Å². The number of thiophene rings is 1. The highest BCUT2D eigenvalue weighted by atomic mass is 32.1. The molecule has 112 valence electrons. The summed E-state index contributed by atoms with van der Waals surface area (Å²) >= 11 is 1.14. The van der Waals surface area contributed by atoms with Crippen LogP contribution in [0.2, 0.25) is 0 Å². The van der Waals surface area contributed by atoms with Crippen LogP contribution in [0.25, 0.3) is 10.2 Å². The second-order valence-electron chi connectivity index (χ2n) is 4.30. The van der Waals surface area contributed by atoms with Crippen molar-refractivity contribution in [3.63, 3.8) is 0 Å². The first-order valence-corrected chi connectivity index (χ1v) is 7.12. The molecule has 2 aromatic heterocycles. The van der Waals surface area contributed by atoms with Gasteiger partial charge in [0.25, 0.3) is 0 Å². The van der Waals surface area contributed by atoms with Gasteiger partial charge in [0.1, 0.15) is 22.0 Å². The fourth-order valence-corrected chi connectivity index (χ4v) is 2.84. The summed E-state index contributed by atoms with van der Waals surface area (Å²) < 4.78 is 9.88. The highest BCUT2D eigenvalue weighted by Gasteiger charge is 2.21. The quantitative estimate of drug-likeness (QED) is 0.859. The number of fused-ring (bicyclic) bond motifs is 1. The van der Waals surface area contributed by atoms with Crippen molar-refractivity contribution in [2.45, 2.75) is 27.4 Å². The monoisotopic (exact) mass is 309 g/mol. The maximum Gasteiger partial charge on any atom is 0.350 e. The first-order chi connectivity index (χ1) is 9.95. The number of nitrogens with two attached hydrogens (primary N) is 1. The van der Waals surface area contributed by atoms with Crippen molar-refractivity contribution in [1.82, 2.24) is 10.2 Å². The number of aromatic nitrogens is 2. The van der Waals surface area contributed by atoms with E-state index in [0.29, 0.717) is 26.5 Å². The lowest BCUT2D eigenvalue weighted by atomic mass is 10.1. The van der Waals surface area contributed by atoms with Gasteiger partial charge < -0.3 is 15.2 Å². The molecule has 0 saturated carbocycles. The van der Waals surface area contributed by atoms with E-state index in [4.69, 9.17) is 15.2 Å². The molecule has 0 radical (unpaired) electrons. The number of hydrogen-bond donors (Lipinski definition) is 1. The molecule has 21 heavy (non-hydrogen) atoms. The van der Waals surface area contributed by atoms with Crippen LogP contribution < -0.4 is 5.73 Å². The Labute approximate surface area is 125 Å². The lowest BCUT2D eigenvalue weighted by Gasteiger charge is -2.05. The van der Waals surface area contributed by atoms with Crippen LogP contribution >= 0.6 is 11.3 Å². The van der Waals surface area contributed by atoms with Crippen LogP contribution in [0.4, 0.5) is 5.69 Å². The van der Waals surface area contributed by atoms with E-state index >= 15 is 0 Å². The van der Waals surface area contributed by atoms with Gasteiger partial charge in [-0.1, -0.05) is 0 Å². The lowest BCUT2D eigenvalue weighted by molar-refractivity contribution is -0.142. The summed E-state index contributed by atoms with van der Waals surface area (Å²) in [6, 6.07) is 0. The number of ether oxygens (including phenoxy) is 2. The van der Waals surface area contributed by atoms with Gasteiger partial charge in [0.15, 0.2) is 0 Å². The summed E-state index contributed by atoms with van der Waals surface area (Å²) in [5.74, 6) is -0.874. The van der Waals surface area contributed by atoms with Gasteiger partial charge in [0, 0.05) is 12.3 Å². The Bertz CT molecular complexity index is 711. The number of nitrogens with zero attached hydrogens (tertiary/aromatic N) is 2. The van der Waals surface area contributed by atoms with Gasteiger partial charge in [-0.05, 0) is 19.4 Å². The van der Waals surface area contributed by atoms with E-state index in [9.17, 15) is 9.59 Å². The topological polar surface area (TPSA) is 104 Å². The van der Waals surface area contributed by atoms with E-state index in [1.807, 2.05) is 0 Å². The van der Waals surface area contributed by atoms with Crippen LogP contribution in [0.1, 0.15) is 34.8 Å². The van der Waals surface area contributed by atoms with Gasteiger partial charge >= 0.3 is 11.9 Å². The number of esters is 2. The first-order valence-electron chi connectivity index (χ1n) is 6.30. The van der Waals surface area contributed by atoms with Gasteiger partial charge in [-0.3, -0.25) is 4.79 Å². The summed E-state index contributed by atoms with van der Waals surface area (Å²) in [5, 5.41) is 8.70. The zero-order chi connectivity index (χ0) is 15.6. The predicted octanol–water partition coefficient (Wildman–Crippen LogP) is 1.82. The molecular weight excluding hydrogens is 294 g/mol. The third kappa shape index (κ3) is 2.94. The molecule has 0 aliphatic carbocycles. The number of carbonyl (C=O) groups excluding carboxylic acids is 2. The highest BCUT2D eigenvalue weighted by molar-refractivity contribution is 7.21. The molecule has 0 unspecified atom stereocenters. The molecule has 0 bridgehead atoms. The van der Waals surface area contributed by atoms with Gasteiger partial charge in [0.05, 0.1) is 12.3 Å². The molecule has 0 aromatic carbocycles. The summed E-state index contributed by atoms with van der Waals surface area (Å²) in [7, 11) is 0. The zero-order valence-electron chi connectivity index (χ0n) is 11.9. The maximum atomic E-state index is 11.8. The molecule has 0 spiro atoms. The number of aryl methyl sites for hydroxylation is 1. The average Bonchev–Trinajstić information content (AvgIpc) is 2.76. The van der Waals surface area contributed by atoms with Crippen molar-refractivity contribution in [3.8, 4) is 0 Å². The SMILES string of the molecule is CCOC(=O)c1sc2nnc(COC(C)=O)c(C)c2c1N. The number of carbonyl (C=O) groups is 2. The smallest absolute Gasteiger partial charge is 0.350 e. The number of anilines is 1. The molecule has 2 heterocycles. The first kappa shape index (κ1) is 15.2. The Morgan fingerprint density at radius 1 is 1.29 bits per heavy atom. The van der Waals surface area contributed by atoms with Gasteiger partial charge in [0.2, 0.25) is 0 Å². The Hall–Kier alpha value is -2.22. The molecule has 8 heteroatoms. The fraction of sp³-hybridized carbons (Fsp3) is 0.385. The minimum Gasteiger partial charge on any atom is -0.462 e. The van der Waals surface area contributed by atoms with Crippen molar-refractivity contribution < 1.29 is 19.1 Å². The molecule has 0 aliphatic rings. The van der Waals surface area contributed by atoms with Gasteiger partial charge in [-0.15, -0.1) is 16.4 Å². The molecule has 0 amide bonds. The highest BCUT2D eigenvalue weighted by Crippen LogP contribution is 2.35.